The van der Waals surface area contributed by atoms with Gasteiger partial charge in [0.25, 0.3) is 0 Å². The maximum Gasteiger partial charge on any atom is 0.410 e. The van der Waals surface area contributed by atoms with E-state index in [4.69, 9.17) is 4.74 Å². The summed E-state index contributed by atoms with van der Waals surface area (Å²) in [5, 5.41) is 0. The number of hydrogen-bond acceptors (Lipinski definition) is 3. The minimum Gasteiger partial charge on any atom is -0.444 e. The second-order valence-corrected chi connectivity index (χ2v) is 7.46. The molecular weight excluding hydrogens is 290 g/mol. The largest absolute Gasteiger partial charge is 0.444 e. The number of piperidine rings is 1. The van der Waals surface area contributed by atoms with Crippen LogP contribution in [0.1, 0.15) is 44.7 Å². The van der Waals surface area contributed by atoms with E-state index < -0.39 is 5.60 Å². The molecule has 3 rings (SSSR count). The van der Waals surface area contributed by atoms with Crippen molar-refractivity contribution < 1.29 is 14.3 Å². The second kappa shape index (κ2) is 5.54. The molecule has 1 saturated heterocycles. The van der Waals surface area contributed by atoms with Crippen LogP contribution in [0.5, 0.6) is 0 Å². The first-order valence-corrected chi connectivity index (χ1v) is 8.16. The first kappa shape index (κ1) is 15.8. The predicted octanol–water partition coefficient (Wildman–Crippen LogP) is 3.27. The highest BCUT2D eigenvalue weighted by molar-refractivity contribution is 5.70. The van der Waals surface area contributed by atoms with E-state index in [0.717, 1.165) is 18.4 Å². The van der Waals surface area contributed by atoms with Gasteiger partial charge in [-0.15, -0.1) is 0 Å². The van der Waals surface area contributed by atoms with Gasteiger partial charge < -0.3 is 9.64 Å². The minimum absolute atomic E-state index is 0.239. The third-order valence-corrected chi connectivity index (χ3v) is 4.87. The molecule has 4 heteroatoms. The predicted molar refractivity (Wildman–Crippen MR) is 88.1 cm³/mol. The number of ether oxygens (including phenoxy) is 1. The zero-order chi connectivity index (χ0) is 16.7. The zero-order valence-corrected chi connectivity index (χ0v) is 14.0. The lowest BCUT2D eigenvalue weighted by Crippen LogP contribution is -2.46. The molecule has 0 aromatic heterocycles. The topological polar surface area (TPSA) is 46.6 Å². The summed E-state index contributed by atoms with van der Waals surface area (Å²) in [6, 6.07) is 8.23. The Labute approximate surface area is 137 Å². The number of likely N-dealkylation sites (tertiary alicyclic amines) is 1. The summed E-state index contributed by atoms with van der Waals surface area (Å²) in [5.74, 6) is 2.19. The first-order chi connectivity index (χ1) is 10.9. The molecule has 1 aliphatic carbocycles. The molecule has 0 N–H and O–H groups in total. The minimum atomic E-state index is -0.486. The van der Waals surface area contributed by atoms with E-state index in [1.54, 1.807) is 4.90 Å². The molecule has 1 fully saturated rings. The van der Waals surface area contributed by atoms with Crippen molar-refractivity contribution in [3.63, 3.8) is 0 Å². The number of allylic oxidation sites excluding steroid dienone is 1. The standard InChI is InChI=1S/C19H23NO3/c1-18(2,3)23-17(22)20-10-8-19(9-11-20)15(13-21)12-14-6-4-5-7-16(14)19/h4-7H,8-12H2,1-3H3. The Morgan fingerprint density at radius 2 is 1.87 bits per heavy atom. The number of fused-ring (bicyclic) bond motifs is 2. The molecular formula is C19H23NO3. The number of benzene rings is 1. The van der Waals surface area contributed by atoms with Crippen LogP contribution in [0.4, 0.5) is 4.79 Å². The summed E-state index contributed by atoms with van der Waals surface area (Å²) in [6.45, 7) is 6.83. The molecule has 4 nitrogen and oxygen atoms in total. The number of carbonyl (C=O) groups excluding carboxylic acids is 2. The summed E-state index contributed by atoms with van der Waals surface area (Å²) >= 11 is 0. The molecule has 0 saturated carbocycles. The van der Waals surface area contributed by atoms with Crippen molar-refractivity contribution >= 4 is 12.0 Å². The average Bonchev–Trinajstić information content (AvgIpc) is 2.80. The van der Waals surface area contributed by atoms with Gasteiger partial charge in [-0.1, -0.05) is 24.3 Å². The van der Waals surface area contributed by atoms with Gasteiger partial charge in [0, 0.05) is 30.5 Å². The Hall–Kier alpha value is -2.06. The molecule has 23 heavy (non-hydrogen) atoms. The van der Waals surface area contributed by atoms with E-state index in [0.29, 0.717) is 19.5 Å². The number of amides is 1. The maximum absolute atomic E-state index is 12.2. The van der Waals surface area contributed by atoms with Crippen molar-refractivity contribution in [3.05, 3.63) is 41.0 Å². The highest BCUT2D eigenvalue weighted by Gasteiger charge is 2.46. The van der Waals surface area contributed by atoms with Crippen LogP contribution in [0.25, 0.3) is 0 Å². The van der Waals surface area contributed by atoms with E-state index in [2.05, 4.69) is 18.1 Å². The highest BCUT2D eigenvalue weighted by Crippen LogP contribution is 2.48. The van der Waals surface area contributed by atoms with Gasteiger partial charge in [-0.25, -0.2) is 9.59 Å². The smallest absolute Gasteiger partial charge is 0.410 e. The summed E-state index contributed by atoms with van der Waals surface area (Å²) in [5.41, 5.74) is 2.57. The van der Waals surface area contributed by atoms with E-state index in [1.807, 2.05) is 32.9 Å². The zero-order valence-electron chi connectivity index (χ0n) is 14.0. The Kier molecular flexibility index (Phi) is 3.81. The normalized spacial score (nSPS) is 19.4. The van der Waals surface area contributed by atoms with Gasteiger partial charge in [0.15, 0.2) is 0 Å². The van der Waals surface area contributed by atoms with Gasteiger partial charge in [0.2, 0.25) is 0 Å². The fraction of sp³-hybridized carbons (Fsp3) is 0.526. The third-order valence-electron chi connectivity index (χ3n) is 4.87. The van der Waals surface area contributed by atoms with Crippen LogP contribution in [0.2, 0.25) is 0 Å². The van der Waals surface area contributed by atoms with E-state index in [9.17, 15) is 9.59 Å². The van der Waals surface area contributed by atoms with Crippen molar-refractivity contribution in [1.29, 1.82) is 0 Å². The van der Waals surface area contributed by atoms with Crippen LogP contribution >= 0.6 is 0 Å². The quantitative estimate of drug-likeness (QED) is 0.691. The van der Waals surface area contributed by atoms with Crippen LogP contribution in [-0.2, 0) is 21.4 Å². The maximum atomic E-state index is 12.2. The molecule has 1 aliphatic heterocycles. The van der Waals surface area contributed by atoms with Gasteiger partial charge in [-0.3, -0.25) is 0 Å². The summed E-state index contributed by atoms with van der Waals surface area (Å²) < 4.78 is 5.45. The molecule has 1 aromatic rings. The lowest BCUT2D eigenvalue weighted by molar-refractivity contribution is 0.0181. The van der Waals surface area contributed by atoms with Crippen molar-refractivity contribution in [2.75, 3.05) is 13.1 Å². The number of carbonyl (C=O) groups is 1. The summed E-state index contributed by atoms with van der Waals surface area (Å²) in [7, 11) is 0. The van der Waals surface area contributed by atoms with Crippen LogP contribution < -0.4 is 0 Å². The molecule has 122 valence electrons. The molecule has 0 atom stereocenters. The Morgan fingerprint density at radius 3 is 2.48 bits per heavy atom. The van der Waals surface area contributed by atoms with Gasteiger partial charge in [0.05, 0.1) is 0 Å². The van der Waals surface area contributed by atoms with Crippen LogP contribution in [0.15, 0.2) is 29.8 Å². The second-order valence-electron chi connectivity index (χ2n) is 7.46. The monoisotopic (exact) mass is 313 g/mol. The fourth-order valence-electron chi connectivity index (χ4n) is 3.77. The van der Waals surface area contributed by atoms with Gasteiger partial charge >= 0.3 is 6.09 Å². The highest BCUT2D eigenvalue weighted by atomic mass is 16.6. The number of hydrogen-bond donors (Lipinski definition) is 0. The molecule has 2 aliphatic rings. The first-order valence-electron chi connectivity index (χ1n) is 8.16. The Bertz CT molecular complexity index is 672. The number of nitrogens with zero attached hydrogens (tertiary/aromatic N) is 1. The van der Waals surface area contributed by atoms with Gasteiger partial charge in [0.1, 0.15) is 11.5 Å². The molecule has 1 heterocycles. The lowest BCUT2D eigenvalue weighted by atomic mass is 9.71. The van der Waals surface area contributed by atoms with Crippen LogP contribution in [-0.4, -0.2) is 35.6 Å². The SMILES string of the molecule is CC(C)(C)OC(=O)N1CCC2(CC1)C(=C=O)Cc1ccccc12. The lowest BCUT2D eigenvalue weighted by Gasteiger charge is -2.40. The number of rotatable bonds is 0. The van der Waals surface area contributed by atoms with Crippen molar-refractivity contribution in [2.24, 2.45) is 0 Å². The fourth-order valence-corrected chi connectivity index (χ4v) is 3.77. The molecule has 1 spiro atoms. The van der Waals surface area contributed by atoms with E-state index in [-0.39, 0.29) is 11.5 Å². The molecule has 0 unspecified atom stereocenters. The van der Waals surface area contributed by atoms with E-state index in [1.165, 1.54) is 11.1 Å². The summed E-state index contributed by atoms with van der Waals surface area (Å²) in [6.07, 6.45) is 1.93. The van der Waals surface area contributed by atoms with E-state index >= 15 is 0 Å². The van der Waals surface area contributed by atoms with Gasteiger partial charge in [-0.2, -0.15) is 0 Å². The van der Waals surface area contributed by atoms with Crippen molar-refractivity contribution in [3.8, 4) is 0 Å². The third kappa shape index (κ3) is 2.79. The summed E-state index contributed by atoms with van der Waals surface area (Å²) in [4.78, 5) is 25.5. The van der Waals surface area contributed by atoms with Gasteiger partial charge in [-0.05, 0) is 44.7 Å². The molecule has 1 aromatic carbocycles. The molecule has 0 bridgehead atoms. The average molecular weight is 313 g/mol. The molecule has 1 amide bonds. The van der Waals surface area contributed by atoms with Crippen molar-refractivity contribution in [1.82, 2.24) is 4.90 Å². The van der Waals surface area contributed by atoms with Crippen LogP contribution in [0.3, 0.4) is 0 Å². The molecule has 0 radical (unpaired) electrons. The Morgan fingerprint density at radius 1 is 1.22 bits per heavy atom. The Balaban J connectivity index is 1.80. The van der Waals surface area contributed by atoms with Crippen molar-refractivity contribution in [2.45, 2.75) is 51.0 Å². The van der Waals surface area contributed by atoms with Crippen LogP contribution in [0, 0.1) is 0 Å².